The maximum Gasteiger partial charge on any atom is 0.220 e. The van der Waals surface area contributed by atoms with Crippen LogP contribution in [-0.2, 0) is 17.8 Å². The maximum absolute atomic E-state index is 12.3. The van der Waals surface area contributed by atoms with E-state index in [0.717, 1.165) is 30.8 Å². The quantitative estimate of drug-likeness (QED) is 0.664. The van der Waals surface area contributed by atoms with E-state index < -0.39 is 0 Å². The molecule has 5 nitrogen and oxygen atoms in total. The van der Waals surface area contributed by atoms with Crippen LogP contribution in [0, 0.1) is 20.8 Å². The molecule has 6 heteroatoms. The minimum Gasteiger partial charge on any atom is -0.354 e. The van der Waals surface area contributed by atoms with Crippen molar-refractivity contribution in [1.82, 2.24) is 15.1 Å². The van der Waals surface area contributed by atoms with Crippen molar-refractivity contribution in [3.8, 4) is 0 Å². The van der Waals surface area contributed by atoms with Crippen molar-refractivity contribution in [2.24, 2.45) is 5.73 Å². The van der Waals surface area contributed by atoms with E-state index in [1.807, 2.05) is 11.6 Å². The molecule has 1 aromatic carbocycles. The Hall–Kier alpha value is -1.85. The van der Waals surface area contributed by atoms with E-state index in [1.54, 1.807) is 0 Å². The lowest BCUT2D eigenvalue weighted by Gasteiger charge is -2.26. The smallest absolute Gasteiger partial charge is 0.220 e. The van der Waals surface area contributed by atoms with Crippen molar-refractivity contribution in [1.29, 1.82) is 0 Å². The first-order chi connectivity index (χ1) is 12.8. The van der Waals surface area contributed by atoms with E-state index in [2.05, 4.69) is 62.4 Å². The Morgan fingerprint density at radius 2 is 1.75 bits per heavy atom. The summed E-state index contributed by atoms with van der Waals surface area (Å²) in [5.74, 6) is 0.0526. The van der Waals surface area contributed by atoms with Gasteiger partial charge in [-0.3, -0.25) is 9.48 Å². The normalized spacial score (nSPS) is 11.2. The van der Waals surface area contributed by atoms with Crippen molar-refractivity contribution >= 4 is 18.3 Å². The van der Waals surface area contributed by atoms with Gasteiger partial charge in [0.2, 0.25) is 5.91 Å². The first kappa shape index (κ1) is 24.2. The van der Waals surface area contributed by atoms with E-state index in [0.29, 0.717) is 19.4 Å². The molecule has 1 amide bonds. The molecular weight excluding hydrogens is 372 g/mol. The van der Waals surface area contributed by atoms with Gasteiger partial charge in [-0.2, -0.15) is 5.10 Å². The summed E-state index contributed by atoms with van der Waals surface area (Å²) in [6.45, 7) is 11.6. The second-order valence-electron chi connectivity index (χ2n) is 7.64. The van der Waals surface area contributed by atoms with Gasteiger partial charge >= 0.3 is 0 Å². The Labute approximate surface area is 175 Å². The van der Waals surface area contributed by atoms with Gasteiger partial charge in [0.15, 0.2) is 0 Å². The van der Waals surface area contributed by atoms with Gasteiger partial charge in [0.05, 0.1) is 12.2 Å². The number of rotatable bonds is 9. The van der Waals surface area contributed by atoms with Gasteiger partial charge in [-0.1, -0.05) is 43.7 Å². The van der Waals surface area contributed by atoms with Gasteiger partial charge in [0.25, 0.3) is 0 Å². The third kappa shape index (κ3) is 6.35. The number of halogens is 1. The molecule has 0 atom stereocenters. The lowest BCUT2D eigenvalue weighted by molar-refractivity contribution is -0.121. The van der Waals surface area contributed by atoms with Crippen molar-refractivity contribution in [3.05, 3.63) is 52.3 Å². The molecule has 0 radical (unpaired) electrons. The van der Waals surface area contributed by atoms with E-state index in [-0.39, 0.29) is 23.9 Å². The maximum atomic E-state index is 12.3. The van der Waals surface area contributed by atoms with Crippen LogP contribution in [0.2, 0.25) is 0 Å². The molecule has 0 aliphatic rings. The Bertz CT molecular complexity index is 764. The molecule has 2 rings (SSSR count). The van der Waals surface area contributed by atoms with Crippen LogP contribution in [0.1, 0.15) is 61.2 Å². The highest BCUT2D eigenvalue weighted by molar-refractivity contribution is 5.85. The van der Waals surface area contributed by atoms with Crippen LogP contribution in [0.25, 0.3) is 0 Å². The van der Waals surface area contributed by atoms with Crippen LogP contribution >= 0.6 is 12.4 Å². The number of hydrogen-bond acceptors (Lipinski definition) is 3. The number of aryl methyl sites for hydroxylation is 2. The molecule has 0 aliphatic carbocycles. The summed E-state index contributed by atoms with van der Waals surface area (Å²) >= 11 is 0. The highest BCUT2D eigenvalue weighted by atomic mass is 35.5. The standard InChI is InChI=1S/C22H34N4O.ClH/c1-6-22(23,7-2)15-24-21(27)13-12-20-17(4)25-26(18(20)5)14-19-10-8-16(3)9-11-19;/h8-11H,6-7,12-15,23H2,1-5H3,(H,24,27);1H. The van der Waals surface area contributed by atoms with Crippen molar-refractivity contribution in [2.75, 3.05) is 6.54 Å². The van der Waals surface area contributed by atoms with Gasteiger partial charge in [-0.25, -0.2) is 0 Å². The predicted octanol–water partition coefficient (Wildman–Crippen LogP) is 3.84. The fourth-order valence-electron chi connectivity index (χ4n) is 3.22. The minimum absolute atomic E-state index is 0. The average Bonchev–Trinajstić information content (AvgIpc) is 2.93. The van der Waals surface area contributed by atoms with Crippen LogP contribution in [0.3, 0.4) is 0 Å². The molecule has 28 heavy (non-hydrogen) atoms. The number of benzene rings is 1. The Morgan fingerprint density at radius 3 is 2.32 bits per heavy atom. The lowest BCUT2D eigenvalue weighted by atomic mass is 9.94. The van der Waals surface area contributed by atoms with E-state index in [4.69, 9.17) is 5.73 Å². The fourth-order valence-corrected chi connectivity index (χ4v) is 3.22. The second-order valence-corrected chi connectivity index (χ2v) is 7.64. The topological polar surface area (TPSA) is 72.9 Å². The molecule has 3 N–H and O–H groups in total. The van der Waals surface area contributed by atoms with Crippen LogP contribution < -0.4 is 11.1 Å². The molecule has 0 bridgehead atoms. The molecular formula is C22H35ClN4O. The number of carbonyl (C=O) groups is 1. The molecule has 0 saturated heterocycles. The molecule has 1 aromatic heterocycles. The van der Waals surface area contributed by atoms with Gasteiger partial charge in [-0.05, 0) is 51.2 Å². The first-order valence-electron chi connectivity index (χ1n) is 9.92. The lowest BCUT2D eigenvalue weighted by Crippen LogP contribution is -2.49. The third-order valence-corrected chi connectivity index (χ3v) is 5.63. The largest absolute Gasteiger partial charge is 0.354 e. The monoisotopic (exact) mass is 406 g/mol. The Morgan fingerprint density at radius 1 is 1.14 bits per heavy atom. The van der Waals surface area contributed by atoms with Crippen molar-refractivity contribution in [2.45, 2.75) is 72.4 Å². The number of hydrogen-bond donors (Lipinski definition) is 2. The minimum atomic E-state index is -0.305. The number of carbonyl (C=O) groups excluding carboxylic acids is 1. The molecule has 0 aliphatic heterocycles. The molecule has 2 aromatic rings. The average molecular weight is 407 g/mol. The Kier molecular flexibility index (Phi) is 9.18. The zero-order valence-corrected chi connectivity index (χ0v) is 18.7. The van der Waals surface area contributed by atoms with Crippen molar-refractivity contribution < 1.29 is 4.79 Å². The summed E-state index contributed by atoms with van der Waals surface area (Å²) in [6.07, 6.45) is 2.87. The Balaban J connectivity index is 0.00000392. The summed E-state index contributed by atoms with van der Waals surface area (Å²) < 4.78 is 2.03. The number of nitrogens with two attached hydrogens (primary N) is 1. The summed E-state index contributed by atoms with van der Waals surface area (Å²) in [5, 5.41) is 7.68. The van der Waals surface area contributed by atoms with Crippen LogP contribution in [-0.4, -0.2) is 27.8 Å². The number of nitrogens with zero attached hydrogens (tertiary/aromatic N) is 2. The molecule has 0 saturated carbocycles. The highest BCUT2D eigenvalue weighted by Crippen LogP contribution is 2.17. The van der Waals surface area contributed by atoms with E-state index in [1.165, 1.54) is 16.7 Å². The highest BCUT2D eigenvalue weighted by Gasteiger charge is 2.21. The summed E-state index contributed by atoms with van der Waals surface area (Å²) in [5.41, 5.74) is 11.7. The molecule has 0 fully saturated rings. The number of amides is 1. The van der Waals surface area contributed by atoms with E-state index >= 15 is 0 Å². The predicted molar refractivity (Wildman–Crippen MR) is 118 cm³/mol. The van der Waals surface area contributed by atoms with Gasteiger partial charge in [0.1, 0.15) is 0 Å². The second kappa shape index (κ2) is 10.6. The number of nitrogens with one attached hydrogen (secondary N) is 1. The summed E-state index contributed by atoms with van der Waals surface area (Å²) in [7, 11) is 0. The third-order valence-electron chi connectivity index (χ3n) is 5.63. The van der Waals surface area contributed by atoms with Gasteiger partial charge < -0.3 is 11.1 Å². The van der Waals surface area contributed by atoms with Crippen molar-refractivity contribution in [3.63, 3.8) is 0 Å². The van der Waals surface area contributed by atoms with Crippen LogP contribution in [0.5, 0.6) is 0 Å². The molecule has 1 heterocycles. The van der Waals surface area contributed by atoms with Gasteiger partial charge in [0, 0.05) is 24.2 Å². The molecule has 0 unspecified atom stereocenters. The van der Waals surface area contributed by atoms with Crippen LogP contribution in [0.4, 0.5) is 0 Å². The fraction of sp³-hybridized carbons (Fsp3) is 0.545. The summed E-state index contributed by atoms with van der Waals surface area (Å²) in [4.78, 5) is 12.3. The zero-order chi connectivity index (χ0) is 20.0. The number of aromatic nitrogens is 2. The van der Waals surface area contributed by atoms with E-state index in [9.17, 15) is 4.79 Å². The molecule has 156 valence electrons. The van der Waals surface area contributed by atoms with Crippen LogP contribution in [0.15, 0.2) is 24.3 Å². The molecule has 0 spiro atoms. The zero-order valence-electron chi connectivity index (χ0n) is 17.8. The summed E-state index contributed by atoms with van der Waals surface area (Å²) in [6, 6.07) is 8.52. The SMILES string of the molecule is CCC(N)(CC)CNC(=O)CCc1c(C)nn(Cc2ccc(C)cc2)c1C.Cl. The first-order valence-corrected chi connectivity index (χ1v) is 9.92. The van der Waals surface area contributed by atoms with Gasteiger partial charge in [-0.15, -0.1) is 12.4 Å².